The predicted molar refractivity (Wildman–Crippen MR) is 64.9 cm³/mol. The van der Waals surface area contributed by atoms with E-state index in [9.17, 15) is 4.79 Å². The van der Waals surface area contributed by atoms with Gasteiger partial charge in [-0.1, -0.05) is 25.2 Å². The Morgan fingerprint density at radius 2 is 2.25 bits per heavy atom. The SMILES string of the molecule is CCC(C=O)=CC1CC2CC1C1C=CCC21. The van der Waals surface area contributed by atoms with Crippen molar-refractivity contribution in [1.82, 2.24) is 0 Å². The summed E-state index contributed by atoms with van der Waals surface area (Å²) in [7, 11) is 0. The molecule has 3 aliphatic rings. The van der Waals surface area contributed by atoms with Gasteiger partial charge in [-0.15, -0.1) is 0 Å². The Hall–Kier alpha value is -0.850. The summed E-state index contributed by atoms with van der Waals surface area (Å²) in [5.74, 6) is 4.26. The molecule has 0 N–H and O–H groups in total. The Balaban J connectivity index is 1.79. The first kappa shape index (κ1) is 10.3. The van der Waals surface area contributed by atoms with Crippen molar-refractivity contribution >= 4 is 6.29 Å². The molecule has 0 aromatic heterocycles. The van der Waals surface area contributed by atoms with Gasteiger partial charge in [0.1, 0.15) is 6.29 Å². The van der Waals surface area contributed by atoms with E-state index in [4.69, 9.17) is 0 Å². The third kappa shape index (κ3) is 1.41. The fraction of sp³-hybridized carbons (Fsp3) is 0.667. The van der Waals surface area contributed by atoms with Crippen LogP contribution in [0.2, 0.25) is 0 Å². The van der Waals surface area contributed by atoms with Crippen molar-refractivity contribution in [3.8, 4) is 0 Å². The van der Waals surface area contributed by atoms with Gasteiger partial charge in [0.2, 0.25) is 0 Å². The number of carbonyl (C=O) groups is 1. The molecule has 0 heterocycles. The van der Waals surface area contributed by atoms with Crippen LogP contribution in [0.1, 0.15) is 32.6 Å². The Bertz CT molecular complexity index is 352. The summed E-state index contributed by atoms with van der Waals surface area (Å²) in [5.41, 5.74) is 1.01. The zero-order chi connectivity index (χ0) is 11.1. The minimum absolute atomic E-state index is 0.689. The van der Waals surface area contributed by atoms with Crippen molar-refractivity contribution in [2.75, 3.05) is 0 Å². The molecule has 3 aliphatic carbocycles. The van der Waals surface area contributed by atoms with Gasteiger partial charge in [-0.2, -0.15) is 0 Å². The molecule has 5 unspecified atom stereocenters. The van der Waals surface area contributed by atoms with Gasteiger partial charge in [-0.3, -0.25) is 4.79 Å². The maximum absolute atomic E-state index is 10.9. The molecular formula is C15H20O. The van der Waals surface area contributed by atoms with Crippen molar-refractivity contribution in [2.45, 2.75) is 32.6 Å². The molecule has 0 aromatic rings. The van der Waals surface area contributed by atoms with E-state index in [2.05, 4.69) is 25.2 Å². The van der Waals surface area contributed by atoms with Crippen LogP contribution in [0.4, 0.5) is 0 Å². The molecule has 0 spiro atoms. The maximum Gasteiger partial charge on any atom is 0.145 e. The molecular weight excluding hydrogens is 196 g/mol. The highest BCUT2D eigenvalue weighted by molar-refractivity contribution is 5.73. The normalized spacial score (nSPS) is 45.1. The van der Waals surface area contributed by atoms with Gasteiger partial charge in [-0.25, -0.2) is 0 Å². The molecule has 0 aliphatic heterocycles. The third-order valence-corrected chi connectivity index (χ3v) is 5.05. The predicted octanol–water partition coefficient (Wildman–Crippen LogP) is 3.37. The minimum atomic E-state index is 0.689. The number of allylic oxidation sites excluding steroid dienone is 4. The summed E-state index contributed by atoms with van der Waals surface area (Å²) in [6.45, 7) is 2.08. The van der Waals surface area contributed by atoms with E-state index in [1.807, 2.05) is 0 Å². The lowest BCUT2D eigenvalue weighted by molar-refractivity contribution is -0.105. The van der Waals surface area contributed by atoms with E-state index in [-0.39, 0.29) is 0 Å². The molecule has 2 bridgehead atoms. The molecule has 1 heteroatoms. The van der Waals surface area contributed by atoms with Crippen LogP contribution in [0.25, 0.3) is 0 Å². The number of hydrogen-bond donors (Lipinski definition) is 0. The van der Waals surface area contributed by atoms with Gasteiger partial charge in [0.25, 0.3) is 0 Å². The van der Waals surface area contributed by atoms with E-state index in [0.29, 0.717) is 5.92 Å². The highest BCUT2D eigenvalue weighted by atomic mass is 16.1. The lowest BCUT2D eigenvalue weighted by Crippen LogP contribution is -2.23. The molecule has 1 nitrogen and oxygen atoms in total. The molecule has 0 amide bonds. The number of aldehydes is 1. The fourth-order valence-corrected chi connectivity index (χ4v) is 4.30. The van der Waals surface area contributed by atoms with Gasteiger partial charge in [-0.05, 0) is 60.8 Å². The molecule has 0 radical (unpaired) electrons. The summed E-state index contributed by atoms with van der Waals surface area (Å²) in [6.07, 6.45) is 13.1. The van der Waals surface area contributed by atoms with Crippen molar-refractivity contribution in [3.63, 3.8) is 0 Å². The van der Waals surface area contributed by atoms with Gasteiger partial charge in [0.05, 0.1) is 0 Å². The van der Waals surface area contributed by atoms with Crippen LogP contribution in [0.5, 0.6) is 0 Å². The second-order valence-corrected chi connectivity index (χ2v) is 5.68. The largest absolute Gasteiger partial charge is 0.298 e. The summed E-state index contributed by atoms with van der Waals surface area (Å²) >= 11 is 0. The minimum Gasteiger partial charge on any atom is -0.298 e. The van der Waals surface area contributed by atoms with E-state index in [0.717, 1.165) is 42.0 Å². The first-order valence-electron chi connectivity index (χ1n) is 6.66. The number of carbonyl (C=O) groups excluding carboxylic acids is 1. The van der Waals surface area contributed by atoms with Gasteiger partial charge in [0.15, 0.2) is 0 Å². The van der Waals surface area contributed by atoms with Crippen LogP contribution >= 0.6 is 0 Å². The molecule has 5 atom stereocenters. The zero-order valence-electron chi connectivity index (χ0n) is 9.93. The maximum atomic E-state index is 10.9. The van der Waals surface area contributed by atoms with Crippen LogP contribution in [0.15, 0.2) is 23.8 Å². The second kappa shape index (κ2) is 3.87. The Morgan fingerprint density at radius 3 is 3.00 bits per heavy atom. The van der Waals surface area contributed by atoms with Crippen LogP contribution in [-0.4, -0.2) is 6.29 Å². The van der Waals surface area contributed by atoms with E-state index in [1.165, 1.54) is 19.3 Å². The summed E-state index contributed by atoms with van der Waals surface area (Å²) < 4.78 is 0. The molecule has 3 rings (SSSR count). The first-order valence-corrected chi connectivity index (χ1v) is 6.66. The van der Waals surface area contributed by atoms with Crippen molar-refractivity contribution in [2.24, 2.45) is 29.6 Å². The lowest BCUT2D eigenvalue weighted by atomic mass is 9.75. The first-order chi connectivity index (χ1) is 7.83. The van der Waals surface area contributed by atoms with Crippen molar-refractivity contribution < 1.29 is 4.79 Å². The fourth-order valence-electron chi connectivity index (χ4n) is 4.30. The van der Waals surface area contributed by atoms with Crippen LogP contribution in [0.3, 0.4) is 0 Å². The molecule has 2 fully saturated rings. The highest BCUT2D eigenvalue weighted by Gasteiger charge is 2.51. The average molecular weight is 216 g/mol. The van der Waals surface area contributed by atoms with Crippen molar-refractivity contribution in [1.29, 1.82) is 0 Å². The Labute approximate surface area is 97.6 Å². The quantitative estimate of drug-likeness (QED) is 0.401. The van der Waals surface area contributed by atoms with Crippen LogP contribution < -0.4 is 0 Å². The van der Waals surface area contributed by atoms with E-state index in [1.54, 1.807) is 0 Å². The number of rotatable bonds is 3. The van der Waals surface area contributed by atoms with E-state index >= 15 is 0 Å². The number of hydrogen-bond acceptors (Lipinski definition) is 1. The van der Waals surface area contributed by atoms with Gasteiger partial charge < -0.3 is 0 Å². The topological polar surface area (TPSA) is 17.1 Å². The zero-order valence-corrected chi connectivity index (χ0v) is 9.93. The lowest BCUT2D eigenvalue weighted by Gasteiger charge is -2.29. The summed E-state index contributed by atoms with van der Waals surface area (Å²) in [6, 6.07) is 0. The Morgan fingerprint density at radius 1 is 1.38 bits per heavy atom. The van der Waals surface area contributed by atoms with Gasteiger partial charge >= 0.3 is 0 Å². The van der Waals surface area contributed by atoms with Gasteiger partial charge in [0, 0.05) is 0 Å². The standard InChI is InChI=1S/C15H20O/c1-2-10(9-16)6-11-7-12-8-15(11)14-5-3-4-13(12)14/h3,5-6,9,11-15H,2,4,7-8H2,1H3. The molecule has 86 valence electrons. The molecule has 0 saturated heterocycles. The van der Waals surface area contributed by atoms with Crippen molar-refractivity contribution in [3.05, 3.63) is 23.8 Å². The monoisotopic (exact) mass is 216 g/mol. The van der Waals surface area contributed by atoms with Crippen LogP contribution in [-0.2, 0) is 4.79 Å². The van der Waals surface area contributed by atoms with Crippen LogP contribution in [0, 0.1) is 29.6 Å². The molecule has 2 saturated carbocycles. The molecule has 0 aromatic carbocycles. The average Bonchev–Trinajstić information content (AvgIpc) is 2.96. The summed E-state index contributed by atoms with van der Waals surface area (Å²) in [4.78, 5) is 10.9. The highest BCUT2D eigenvalue weighted by Crippen LogP contribution is 2.59. The smallest absolute Gasteiger partial charge is 0.145 e. The Kier molecular flexibility index (Phi) is 2.49. The number of fused-ring (bicyclic) bond motifs is 5. The summed E-state index contributed by atoms with van der Waals surface area (Å²) in [5, 5.41) is 0. The molecule has 16 heavy (non-hydrogen) atoms. The van der Waals surface area contributed by atoms with E-state index < -0.39 is 0 Å². The third-order valence-electron chi connectivity index (χ3n) is 5.05. The second-order valence-electron chi connectivity index (χ2n) is 5.68.